The fourth-order valence-corrected chi connectivity index (χ4v) is 2.61. The molecule has 1 aromatic carbocycles. The van der Waals surface area contributed by atoms with Gasteiger partial charge in [0.25, 0.3) is 10.1 Å². The first-order chi connectivity index (χ1) is 8.68. The number of benzene rings is 1. The van der Waals surface area contributed by atoms with Gasteiger partial charge in [0, 0.05) is 12.8 Å². The van der Waals surface area contributed by atoms with Crippen molar-refractivity contribution in [2.75, 3.05) is 18.6 Å². The summed E-state index contributed by atoms with van der Waals surface area (Å²) in [6, 6.07) is 6.47. The fraction of sp³-hybridized carbons (Fsp3) is 0.455. The zero-order valence-corrected chi connectivity index (χ0v) is 12.2. The molecule has 0 amide bonds. The molecule has 0 fully saturated rings. The Labute approximate surface area is 113 Å². The molecule has 0 aliphatic carbocycles. The third-order valence-corrected chi connectivity index (χ3v) is 4.37. The maximum absolute atomic E-state index is 11.2. The summed E-state index contributed by atoms with van der Waals surface area (Å²) in [5.41, 5.74) is 0.902. The second-order valence-corrected chi connectivity index (χ2v) is 7.82. The predicted molar refractivity (Wildman–Crippen MR) is 72.3 cm³/mol. The van der Waals surface area contributed by atoms with E-state index in [9.17, 15) is 16.8 Å². The van der Waals surface area contributed by atoms with Crippen molar-refractivity contribution in [3.63, 3.8) is 0 Å². The maximum Gasteiger partial charge on any atom is 0.264 e. The van der Waals surface area contributed by atoms with Crippen LogP contribution in [0, 0.1) is 0 Å². The van der Waals surface area contributed by atoms with Gasteiger partial charge in [0.15, 0.2) is 9.84 Å². The topological polar surface area (TPSA) is 101 Å². The van der Waals surface area contributed by atoms with Crippen molar-refractivity contribution in [2.24, 2.45) is 0 Å². The SMILES string of the molecule is CS(=O)(=O)c1ccc(CNCCCS(=O)(=O)O)cc1. The van der Waals surface area contributed by atoms with Crippen LogP contribution in [0.4, 0.5) is 0 Å². The Bertz CT molecular complexity index is 605. The van der Waals surface area contributed by atoms with Crippen molar-refractivity contribution in [3.05, 3.63) is 29.8 Å². The normalized spacial score (nSPS) is 12.5. The minimum atomic E-state index is -3.90. The Morgan fingerprint density at radius 1 is 1.11 bits per heavy atom. The van der Waals surface area contributed by atoms with Crippen molar-refractivity contribution >= 4 is 20.0 Å². The van der Waals surface area contributed by atoms with Gasteiger partial charge in [-0.05, 0) is 30.7 Å². The highest BCUT2D eigenvalue weighted by Gasteiger charge is 2.06. The van der Waals surface area contributed by atoms with Crippen LogP contribution in [0.3, 0.4) is 0 Å². The predicted octanol–water partition coefficient (Wildman–Crippen LogP) is 0.458. The molecule has 1 aromatic rings. The van der Waals surface area contributed by atoms with E-state index in [1.807, 2.05) is 0 Å². The Hall–Kier alpha value is -0.960. The lowest BCUT2D eigenvalue weighted by Gasteiger charge is -2.05. The highest BCUT2D eigenvalue weighted by molar-refractivity contribution is 7.90. The molecule has 0 saturated carbocycles. The second kappa shape index (κ2) is 6.47. The van der Waals surface area contributed by atoms with Gasteiger partial charge in [-0.15, -0.1) is 0 Å². The van der Waals surface area contributed by atoms with Crippen LogP contribution in [0.1, 0.15) is 12.0 Å². The van der Waals surface area contributed by atoms with Crippen LogP contribution in [0.25, 0.3) is 0 Å². The second-order valence-electron chi connectivity index (χ2n) is 4.23. The minimum Gasteiger partial charge on any atom is -0.313 e. The zero-order chi connectivity index (χ0) is 14.5. The van der Waals surface area contributed by atoms with E-state index in [1.54, 1.807) is 12.1 Å². The molecule has 0 aliphatic heterocycles. The molecule has 0 saturated heterocycles. The van der Waals surface area contributed by atoms with E-state index in [0.29, 0.717) is 19.5 Å². The average Bonchev–Trinajstić information content (AvgIpc) is 2.26. The van der Waals surface area contributed by atoms with Gasteiger partial charge in [0.2, 0.25) is 0 Å². The van der Waals surface area contributed by atoms with E-state index in [1.165, 1.54) is 12.1 Å². The van der Waals surface area contributed by atoms with Crippen LogP contribution in [-0.2, 0) is 26.5 Å². The van der Waals surface area contributed by atoms with E-state index in [2.05, 4.69) is 5.32 Å². The van der Waals surface area contributed by atoms with Crippen molar-refractivity contribution in [1.29, 1.82) is 0 Å². The minimum absolute atomic E-state index is 0.266. The van der Waals surface area contributed by atoms with E-state index in [4.69, 9.17) is 4.55 Å². The summed E-state index contributed by atoms with van der Waals surface area (Å²) in [4.78, 5) is 0.266. The molecule has 0 aliphatic rings. The molecule has 6 nitrogen and oxygen atoms in total. The summed E-state index contributed by atoms with van der Waals surface area (Å²) in [6.07, 6.45) is 1.47. The van der Waals surface area contributed by atoms with Crippen LogP contribution < -0.4 is 5.32 Å². The quantitative estimate of drug-likeness (QED) is 0.560. The molecule has 0 aromatic heterocycles. The first-order valence-corrected chi connectivity index (χ1v) is 9.13. The van der Waals surface area contributed by atoms with Gasteiger partial charge < -0.3 is 5.32 Å². The van der Waals surface area contributed by atoms with Crippen molar-refractivity contribution in [1.82, 2.24) is 5.32 Å². The maximum atomic E-state index is 11.2. The molecule has 19 heavy (non-hydrogen) atoms. The number of hydrogen-bond donors (Lipinski definition) is 2. The smallest absolute Gasteiger partial charge is 0.264 e. The highest BCUT2D eigenvalue weighted by Crippen LogP contribution is 2.10. The number of rotatable bonds is 7. The lowest BCUT2D eigenvalue weighted by Crippen LogP contribution is -2.18. The third-order valence-electron chi connectivity index (χ3n) is 2.44. The van der Waals surface area contributed by atoms with Crippen LogP contribution in [-0.4, -0.2) is 39.9 Å². The van der Waals surface area contributed by atoms with Crippen LogP contribution in [0.15, 0.2) is 29.2 Å². The lowest BCUT2D eigenvalue weighted by molar-refractivity contribution is 0.479. The molecule has 0 atom stereocenters. The van der Waals surface area contributed by atoms with Gasteiger partial charge in [-0.3, -0.25) is 4.55 Å². The Morgan fingerprint density at radius 2 is 1.68 bits per heavy atom. The first kappa shape index (κ1) is 16.1. The van der Waals surface area contributed by atoms with Gasteiger partial charge in [-0.25, -0.2) is 8.42 Å². The first-order valence-electron chi connectivity index (χ1n) is 5.63. The summed E-state index contributed by atoms with van der Waals surface area (Å²) in [7, 11) is -7.08. The van der Waals surface area contributed by atoms with Crippen molar-refractivity contribution in [3.8, 4) is 0 Å². The standard InChI is InChI=1S/C11H17NO5S2/c1-18(13,14)11-5-3-10(4-6-11)9-12-7-2-8-19(15,16)17/h3-6,12H,2,7-9H2,1H3,(H,15,16,17). The molecular formula is C11H17NO5S2. The molecule has 108 valence electrons. The summed E-state index contributed by atoms with van der Waals surface area (Å²) in [5, 5.41) is 3.01. The van der Waals surface area contributed by atoms with Gasteiger partial charge >= 0.3 is 0 Å². The van der Waals surface area contributed by atoms with Crippen LogP contribution >= 0.6 is 0 Å². The number of nitrogens with one attached hydrogen (secondary N) is 1. The zero-order valence-electron chi connectivity index (χ0n) is 10.5. The summed E-state index contributed by atoms with van der Waals surface area (Å²) in [5.74, 6) is -0.271. The van der Waals surface area contributed by atoms with Gasteiger partial charge in [-0.2, -0.15) is 8.42 Å². The third kappa shape index (κ3) is 6.67. The summed E-state index contributed by atoms with van der Waals surface area (Å²) >= 11 is 0. The van der Waals surface area contributed by atoms with Crippen LogP contribution in [0.5, 0.6) is 0 Å². The molecule has 2 N–H and O–H groups in total. The van der Waals surface area contributed by atoms with Gasteiger partial charge in [-0.1, -0.05) is 12.1 Å². The Morgan fingerprint density at radius 3 is 2.16 bits per heavy atom. The van der Waals surface area contributed by atoms with Crippen molar-refractivity contribution < 1.29 is 21.4 Å². The Kier molecular flexibility index (Phi) is 5.48. The highest BCUT2D eigenvalue weighted by atomic mass is 32.2. The summed E-state index contributed by atoms with van der Waals surface area (Å²) in [6.45, 7) is 0.961. The van der Waals surface area contributed by atoms with Gasteiger partial charge in [0.05, 0.1) is 10.6 Å². The van der Waals surface area contributed by atoms with Crippen LogP contribution in [0.2, 0.25) is 0 Å². The van der Waals surface area contributed by atoms with Crippen molar-refractivity contribution in [2.45, 2.75) is 17.9 Å². The van der Waals surface area contributed by atoms with E-state index >= 15 is 0 Å². The molecule has 0 bridgehead atoms. The molecular weight excluding hydrogens is 290 g/mol. The van der Waals surface area contributed by atoms with E-state index in [0.717, 1.165) is 11.8 Å². The molecule has 8 heteroatoms. The average molecular weight is 307 g/mol. The fourth-order valence-electron chi connectivity index (χ4n) is 1.47. The molecule has 1 rings (SSSR count). The molecule has 0 unspecified atom stereocenters. The largest absolute Gasteiger partial charge is 0.313 e. The van der Waals surface area contributed by atoms with E-state index < -0.39 is 20.0 Å². The monoisotopic (exact) mass is 307 g/mol. The molecule has 0 heterocycles. The van der Waals surface area contributed by atoms with E-state index in [-0.39, 0.29) is 10.6 Å². The summed E-state index contributed by atoms with van der Waals surface area (Å²) < 4.78 is 51.9. The Balaban J connectivity index is 2.39. The molecule has 0 spiro atoms. The van der Waals surface area contributed by atoms with Gasteiger partial charge in [0.1, 0.15) is 0 Å². The molecule has 0 radical (unpaired) electrons. The lowest BCUT2D eigenvalue weighted by atomic mass is 10.2. The number of sulfone groups is 1. The number of hydrogen-bond acceptors (Lipinski definition) is 5.